The maximum atomic E-state index is 12.3. The number of aromatic amines is 2. The third kappa shape index (κ3) is 8.26. The first-order valence-corrected chi connectivity index (χ1v) is 14.0. The van der Waals surface area contributed by atoms with Crippen LogP contribution in [-0.2, 0) is 22.4 Å². The molecule has 0 aliphatic carbocycles. The minimum atomic E-state index is -1.11. The number of carboxylic acids is 2. The summed E-state index contributed by atoms with van der Waals surface area (Å²) in [6.07, 6.45) is 6.78. The van der Waals surface area contributed by atoms with E-state index in [1.807, 2.05) is 48.5 Å². The van der Waals surface area contributed by atoms with Crippen LogP contribution in [0.2, 0.25) is 0 Å². The van der Waals surface area contributed by atoms with Gasteiger partial charge in [-0.15, -0.1) is 0 Å². The van der Waals surface area contributed by atoms with Crippen LogP contribution in [-0.4, -0.2) is 69.4 Å². The summed E-state index contributed by atoms with van der Waals surface area (Å²) in [6.45, 7) is 0.764. The number of fused-ring (bicyclic) bond motifs is 2. The van der Waals surface area contributed by atoms with Gasteiger partial charge >= 0.3 is 24.0 Å². The van der Waals surface area contributed by atoms with Crippen LogP contribution in [0.4, 0.5) is 9.59 Å². The van der Waals surface area contributed by atoms with E-state index in [9.17, 15) is 29.4 Å². The van der Waals surface area contributed by atoms with Crippen LogP contribution < -0.4 is 21.3 Å². The van der Waals surface area contributed by atoms with Crippen LogP contribution in [0, 0.1) is 0 Å². The number of hydrogen-bond donors (Lipinski definition) is 8. The number of unbranched alkanes of at least 4 members (excludes halogenated alkanes) is 3. The van der Waals surface area contributed by atoms with Crippen LogP contribution in [0.3, 0.4) is 0 Å². The molecule has 0 radical (unpaired) electrons. The Labute approximate surface area is 242 Å². The van der Waals surface area contributed by atoms with Gasteiger partial charge in [-0.1, -0.05) is 49.2 Å². The number of aromatic nitrogens is 2. The van der Waals surface area contributed by atoms with Crippen LogP contribution in [0.5, 0.6) is 0 Å². The number of aliphatic carboxylic acids is 2. The molecule has 0 unspecified atom stereocenters. The molecule has 2 aromatic heterocycles. The third-order valence-electron chi connectivity index (χ3n) is 7.08. The lowest BCUT2D eigenvalue weighted by Crippen LogP contribution is -2.47. The molecule has 0 bridgehead atoms. The van der Waals surface area contributed by atoms with Crippen molar-refractivity contribution in [2.24, 2.45) is 0 Å². The summed E-state index contributed by atoms with van der Waals surface area (Å²) in [7, 11) is 0. The van der Waals surface area contributed by atoms with Crippen molar-refractivity contribution in [2.75, 3.05) is 13.1 Å². The van der Waals surface area contributed by atoms with Gasteiger partial charge in [-0.2, -0.15) is 0 Å². The Bertz CT molecular complexity index is 1410. The van der Waals surface area contributed by atoms with E-state index in [-0.39, 0.29) is 12.8 Å². The number of carbonyl (C=O) groups is 4. The van der Waals surface area contributed by atoms with Crippen LogP contribution in [0.25, 0.3) is 21.8 Å². The molecular formula is C30H36N6O6. The van der Waals surface area contributed by atoms with Gasteiger partial charge in [0.1, 0.15) is 12.1 Å². The van der Waals surface area contributed by atoms with E-state index in [1.54, 1.807) is 12.4 Å². The quantitative estimate of drug-likeness (QED) is 0.1000. The number of carbonyl (C=O) groups excluding carboxylic acids is 2. The molecule has 2 aromatic carbocycles. The Morgan fingerprint density at radius 3 is 1.43 bits per heavy atom. The number of nitrogens with one attached hydrogen (secondary N) is 6. The van der Waals surface area contributed by atoms with Gasteiger partial charge in [-0.05, 0) is 36.1 Å². The first kappa shape index (κ1) is 30.0. The van der Waals surface area contributed by atoms with Crippen LogP contribution in [0.15, 0.2) is 60.9 Å². The van der Waals surface area contributed by atoms with E-state index < -0.39 is 36.1 Å². The molecule has 4 rings (SSSR count). The van der Waals surface area contributed by atoms with Crippen molar-refractivity contribution >= 4 is 45.8 Å². The zero-order valence-electron chi connectivity index (χ0n) is 23.1. The van der Waals surface area contributed by atoms with Gasteiger partial charge < -0.3 is 41.4 Å². The lowest BCUT2D eigenvalue weighted by molar-refractivity contribution is -0.140. The molecule has 42 heavy (non-hydrogen) atoms. The molecule has 2 atom stereocenters. The first-order valence-electron chi connectivity index (χ1n) is 14.0. The lowest BCUT2D eigenvalue weighted by Gasteiger charge is -2.15. The van der Waals surface area contributed by atoms with E-state index in [0.29, 0.717) is 25.9 Å². The van der Waals surface area contributed by atoms with Crippen LogP contribution >= 0.6 is 0 Å². The Kier molecular flexibility index (Phi) is 10.4. The molecule has 0 saturated heterocycles. The fourth-order valence-corrected chi connectivity index (χ4v) is 4.87. The molecule has 222 valence electrons. The fraction of sp³-hybridized carbons (Fsp3) is 0.333. The van der Waals surface area contributed by atoms with Gasteiger partial charge in [0.15, 0.2) is 0 Å². The SMILES string of the molecule is O=C(NCCCCCCNC(=O)N[C@@H](Cc1c[nH]c2ccccc12)C(=O)O)N[C@@H](Cc1c[nH]c2ccccc12)C(=O)O. The summed E-state index contributed by atoms with van der Waals surface area (Å²) in [5, 5.41) is 31.4. The number of urea groups is 2. The van der Waals surface area contributed by atoms with Gasteiger partial charge in [0.2, 0.25) is 0 Å². The minimum Gasteiger partial charge on any atom is -0.480 e. The first-order chi connectivity index (χ1) is 20.3. The van der Waals surface area contributed by atoms with Gasteiger partial charge in [-0.25, -0.2) is 19.2 Å². The number of H-pyrrole nitrogens is 2. The Morgan fingerprint density at radius 2 is 1.02 bits per heavy atom. The van der Waals surface area contributed by atoms with Crippen molar-refractivity contribution in [3.63, 3.8) is 0 Å². The van der Waals surface area contributed by atoms with Crippen molar-refractivity contribution in [2.45, 2.75) is 50.6 Å². The van der Waals surface area contributed by atoms with Crippen molar-refractivity contribution in [3.05, 3.63) is 72.1 Å². The van der Waals surface area contributed by atoms with E-state index in [0.717, 1.165) is 45.8 Å². The summed E-state index contributed by atoms with van der Waals surface area (Å²) < 4.78 is 0. The Balaban J connectivity index is 1.08. The van der Waals surface area contributed by atoms with E-state index in [1.165, 1.54) is 0 Å². The molecule has 12 nitrogen and oxygen atoms in total. The highest BCUT2D eigenvalue weighted by atomic mass is 16.4. The van der Waals surface area contributed by atoms with Crippen molar-refractivity contribution < 1.29 is 29.4 Å². The molecule has 8 N–H and O–H groups in total. The Hall–Kier alpha value is -5.00. The second-order valence-electron chi connectivity index (χ2n) is 10.1. The molecule has 4 aromatic rings. The highest BCUT2D eigenvalue weighted by Gasteiger charge is 2.23. The smallest absolute Gasteiger partial charge is 0.326 e. The largest absolute Gasteiger partial charge is 0.480 e. The van der Waals surface area contributed by atoms with Crippen molar-refractivity contribution in [1.82, 2.24) is 31.2 Å². The average molecular weight is 577 g/mol. The number of benzene rings is 2. The second-order valence-corrected chi connectivity index (χ2v) is 10.1. The van der Waals surface area contributed by atoms with E-state index in [4.69, 9.17) is 0 Å². The second kappa shape index (κ2) is 14.6. The standard InChI is InChI=1S/C30H36N6O6/c37-27(38)25(15-19-17-33-23-11-5-3-9-21(19)23)35-29(41)31-13-7-1-2-8-14-32-30(42)36-26(28(39)40)16-20-18-34-24-12-6-4-10-22(20)24/h3-6,9-12,17-18,25-26,33-34H,1-2,7-8,13-16H2,(H,37,38)(H,39,40)(H2,31,35,41)(H2,32,36,42)/t25-,26-/m0/s1. The predicted molar refractivity (Wildman–Crippen MR) is 158 cm³/mol. The maximum Gasteiger partial charge on any atom is 0.326 e. The molecule has 0 spiro atoms. The van der Waals surface area contributed by atoms with Gasteiger partial charge in [0.05, 0.1) is 0 Å². The van der Waals surface area contributed by atoms with Crippen molar-refractivity contribution in [3.8, 4) is 0 Å². The molecular weight excluding hydrogens is 540 g/mol. The minimum absolute atomic E-state index is 0.156. The summed E-state index contributed by atoms with van der Waals surface area (Å²) in [5.41, 5.74) is 3.44. The number of hydrogen-bond acceptors (Lipinski definition) is 4. The highest BCUT2D eigenvalue weighted by molar-refractivity contribution is 5.87. The van der Waals surface area contributed by atoms with Crippen molar-refractivity contribution in [1.29, 1.82) is 0 Å². The molecule has 4 amide bonds. The van der Waals surface area contributed by atoms with Gasteiger partial charge in [0.25, 0.3) is 0 Å². The van der Waals surface area contributed by atoms with Crippen LogP contribution in [0.1, 0.15) is 36.8 Å². The maximum absolute atomic E-state index is 12.3. The zero-order valence-corrected chi connectivity index (χ0v) is 23.1. The normalized spacial score (nSPS) is 12.5. The molecule has 0 aliphatic rings. The molecule has 0 saturated carbocycles. The zero-order chi connectivity index (χ0) is 29.9. The van der Waals surface area contributed by atoms with E-state index in [2.05, 4.69) is 31.2 Å². The summed E-state index contributed by atoms with van der Waals surface area (Å²) in [6, 6.07) is 11.9. The molecule has 12 heteroatoms. The summed E-state index contributed by atoms with van der Waals surface area (Å²) in [4.78, 5) is 54.2. The molecule has 2 heterocycles. The third-order valence-corrected chi connectivity index (χ3v) is 7.08. The molecule has 0 fully saturated rings. The number of rotatable bonds is 15. The lowest BCUT2D eigenvalue weighted by atomic mass is 10.1. The summed E-state index contributed by atoms with van der Waals surface area (Å²) in [5.74, 6) is -2.22. The number of para-hydroxylation sites is 2. The monoisotopic (exact) mass is 576 g/mol. The fourth-order valence-electron chi connectivity index (χ4n) is 4.87. The predicted octanol–water partition coefficient (Wildman–Crippen LogP) is 3.50. The summed E-state index contributed by atoms with van der Waals surface area (Å²) >= 11 is 0. The van der Waals surface area contributed by atoms with Gasteiger partial charge in [-0.3, -0.25) is 0 Å². The highest BCUT2D eigenvalue weighted by Crippen LogP contribution is 2.20. The Morgan fingerprint density at radius 1 is 0.619 bits per heavy atom. The topological polar surface area (TPSA) is 188 Å². The van der Waals surface area contributed by atoms with Gasteiger partial charge in [0, 0.05) is 60.1 Å². The number of carboxylic acid groups (broad SMARTS) is 2. The average Bonchev–Trinajstić information content (AvgIpc) is 3.57. The number of amides is 4. The molecule has 0 aliphatic heterocycles. The van der Waals surface area contributed by atoms with E-state index >= 15 is 0 Å².